The van der Waals surface area contributed by atoms with Gasteiger partial charge in [0.1, 0.15) is 11.6 Å². The smallest absolute Gasteiger partial charge is 0.129 e. The molecule has 0 aliphatic rings. The zero-order valence-corrected chi connectivity index (χ0v) is 12.6. The fourth-order valence-corrected chi connectivity index (χ4v) is 2.91. The Kier molecular flexibility index (Phi) is 4.34. The Morgan fingerprint density at radius 2 is 2.20 bits per heavy atom. The van der Waals surface area contributed by atoms with Gasteiger partial charge >= 0.3 is 0 Å². The fraction of sp³-hybridized carbons (Fsp3) is 0.286. The van der Waals surface area contributed by atoms with Crippen LogP contribution in [0.4, 0.5) is 0 Å². The number of aromatic nitrogens is 2. The second-order valence-corrected chi connectivity index (χ2v) is 5.48. The van der Waals surface area contributed by atoms with Gasteiger partial charge in [-0.2, -0.15) is 5.10 Å². The number of rotatable bonds is 5. The van der Waals surface area contributed by atoms with Gasteiger partial charge in [0.15, 0.2) is 0 Å². The molecule has 0 saturated carbocycles. The van der Waals surface area contributed by atoms with E-state index < -0.39 is 0 Å². The molecule has 0 bridgehead atoms. The van der Waals surface area contributed by atoms with Crippen molar-refractivity contribution in [2.24, 2.45) is 12.8 Å². The lowest BCUT2D eigenvalue weighted by atomic mass is 10.1. The van der Waals surface area contributed by atoms with E-state index in [1.165, 1.54) is 0 Å². The lowest BCUT2D eigenvalue weighted by Crippen LogP contribution is -2.12. The minimum Gasteiger partial charge on any atom is -0.496 e. The number of hydrogen-bond donors (Lipinski definition) is 2. The Balaban J connectivity index is 2.16. The Morgan fingerprint density at radius 1 is 1.45 bits per heavy atom. The van der Waals surface area contributed by atoms with Crippen LogP contribution >= 0.6 is 11.8 Å². The van der Waals surface area contributed by atoms with E-state index in [9.17, 15) is 0 Å². The first-order valence-corrected chi connectivity index (χ1v) is 7.14. The van der Waals surface area contributed by atoms with Gasteiger partial charge in [-0.1, -0.05) is 6.07 Å². The molecule has 0 amide bonds. The van der Waals surface area contributed by atoms with E-state index in [1.54, 1.807) is 18.9 Å². The van der Waals surface area contributed by atoms with Gasteiger partial charge in [-0.15, -0.1) is 11.8 Å². The molecule has 0 saturated heterocycles. The van der Waals surface area contributed by atoms with Gasteiger partial charge in [-0.3, -0.25) is 10.1 Å². The monoisotopic (exact) mass is 290 g/mol. The number of nitrogens with two attached hydrogens (primary N) is 1. The summed E-state index contributed by atoms with van der Waals surface area (Å²) in [6.07, 6.45) is 0. The topological polar surface area (TPSA) is 76.9 Å². The summed E-state index contributed by atoms with van der Waals surface area (Å²) in [5.41, 5.74) is 8.31. The summed E-state index contributed by atoms with van der Waals surface area (Å²) < 4.78 is 7.08. The maximum atomic E-state index is 7.59. The third-order valence-corrected chi connectivity index (χ3v) is 4.06. The van der Waals surface area contributed by atoms with Crippen molar-refractivity contribution in [2.45, 2.75) is 17.7 Å². The Morgan fingerprint density at radius 3 is 2.75 bits per heavy atom. The summed E-state index contributed by atoms with van der Waals surface area (Å²) in [7, 11) is 3.51. The van der Waals surface area contributed by atoms with Gasteiger partial charge in [0.2, 0.25) is 0 Å². The minimum absolute atomic E-state index is 0.0186. The molecule has 1 heterocycles. The van der Waals surface area contributed by atoms with Gasteiger partial charge in [0.25, 0.3) is 0 Å². The van der Waals surface area contributed by atoms with E-state index in [4.69, 9.17) is 15.9 Å². The first-order chi connectivity index (χ1) is 9.51. The van der Waals surface area contributed by atoms with Crippen molar-refractivity contribution >= 4 is 17.6 Å². The van der Waals surface area contributed by atoms with E-state index in [0.29, 0.717) is 11.3 Å². The quantitative estimate of drug-likeness (QED) is 0.503. The molecule has 0 atom stereocenters. The molecule has 1 aromatic carbocycles. The molecule has 106 valence electrons. The van der Waals surface area contributed by atoms with Gasteiger partial charge in [0.05, 0.1) is 23.4 Å². The molecule has 5 nitrogen and oxygen atoms in total. The second-order valence-electron chi connectivity index (χ2n) is 4.48. The van der Waals surface area contributed by atoms with Crippen LogP contribution in [0.2, 0.25) is 0 Å². The van der Waals surface area contributed by atoms with Crippen molar-refractivity contribution in [3.8, 4) is 5.75 Å². The highest BCUT2D eigenvalue weighted by atomic mass is 32.2. The number of ether oxygens (including phenoxy) is 1. The molecule has 0 spiro atoms. The molecule has 0 fully saturated rings. The van der Waals surface area contributed by atoms with Crippen LogP contribution in [0, 0.1) is 12.3 Å². The highest BCUT2D eigenvalue weighted by Crippen LogP contribution is 2.26. The lowest BCUT2D eigenvalue weighted by molar-refractivity contribution is 0.413. The zero-order chi connectivity index (χ0) is 14.7. The summed E-state index contributed by atoms with van der Waals surface area (Å²) in [4.78, 5) is 0. The van der Waals surface area contributed by atoms with Crippen molar-refractivity contribution in [2.75, 3.05) is 7.11 Å². The van der Waals surface area contributed by atoms with Crippen LogP contribution in [0.1, 0.15) is 16.8 Å². The molecule has 1 aromatic heterocycles. The molecule has 0 radical (unpaired) electrons. The van der Waals surface area contributed by atoms with E-state index in [0.717, 1.165) is 22.0 Å². The number of aryl methyl sites for hydroxylation is 2. The second kappa shape index (κ2) is 6.00. The average molecular weight is 290 g/mol. The minimum atomic E-state index is 0.0186. The number of nitrogens with zero attached hydrogens (tertiary/aromatic N) is 2. The summed E-state index contributed by atoms with van der Waals surface area (Å²) >= 11 is 1.70. The maximum Gasteiger partial charge on any atom is 0.129 e. The molecular weight excluding hydrogens is 272 g/mol. The van der Waals surface area contributed by atoms with Crippen molar-refractivity contribution < 1.29 is 4.74 Å². The highest BCUT2D eigenvalue weighted by molar-refractivity contribution is 7.98. The number of methoxy groups -OCH3 is 1. The number of nitrogen functional groups attached to an aromatic ring is 1. The number of thioether (sulfide) groups is 1. The molecule has 0 unspecified atom stereocenters. The first kappa shape index (κ1) is 14.5. The number of benzene rings is 1. The largest absolute Gasteiger partial charge is 0.496 e. The van der Waals surface area contributed by atoms with Gasteiger partial charge < -0.3 is 10.5 Å². The van der Waals surface area contributed by atoms with Gasteiger partial charge in [0, 0.05) is 12.8 Å². The fourth-order valence-electron chi connectivity index (χ4n) is 1.93. The third kappa shape index (κ3) is 3.14. The molecule has 2 rings (SSSR count). The molecule has 6 heteroatoms. The maximum absolute atomic E-state index is 7.59. The van der Waals surface area contributed by atoms with Crippen LogP contribution in [-0.4, -0.2) is 22.7 Å². The Bertz CT molecular complexity index is 636. The molecule has 20 heavy (non-hydrogen) atoms. The number of nitrogens with one attached hydrogen (secondary N) is 1. The lowest BCUT2D eigenvalue weighted by Gasteiger charge is -2.09. The van der Waals surface area contributed by atoms with Crippen molar-refractivity contribution in [3.05, 3.63) is 41.1 Å². The van der Waals surface area contributed by atoms with Crippen LogP contribution in [-0.2, 0) is 12.8 Å². The van der Waals surface area contributed by atoms with E-state index in [2.05, 4.69) is 11.2 Å². The van der Waals surface area contributed by atoms with E-state index in [-0.39, 0.29) is 5.84 Å². The average Bonchev–Trinajstić information content (AvgIpc) is 2.74. The third-order valence-electron chi connectivity index (χ3n) is 2.90. The van der Waals surface area contributed by atoms with Crippen LogP contribution < -0.4 is 10.5 Å². The highest BCUT2D eigenvalue weighted by Gasteiger charge is 2.08. The summed E-state index contributed by atoms with van der Waals surface area (Å²) in [6, 6.07) is 7.79. The van der Waals surface area contributed by atoms with Crippen LogP contribution in [0.3, 0.4) is 0 Å². The van der Waals surface area contributed by atoms with Gasteiger partial charge in [-0.25, -0.2) is 0 Å². The van der Waals surface area contributed by atoms with Crippen LogP contribution in [0.15, 0.2) is 29.3 Å². The molecular formula is C14H18N4OS. The Hall–Kier alpha value is -1.95. The summed E-state index contributed by atoms with van der Waals surface area (Å²) in [5, 5.41) is 13.0. The van der Waals surface area contributed by atoms with E-state index >= 15 is 0 Å². The van der Waals surface area contributed by atoms with E-state index in [1.807, 2.05) is 36.9 Å². The number of hydrogen-bond acceptors (Lipinski definition) is 4. The predicted octanol–water partition coefficient (Wildman–Crippen LogP) is 2.31. The molecule has 2 aromatic rings. The SMILES string of the molecule is COc1ccc(CSc2cc(C)nn2C)cc1C(=N)N. The predicted molar refractivity (Wildman–Crippen MR) is 81.5 cm³/mol. The molecule has 0 aliphatic heterocycles. The standard InChI is InChI=1S/C14H18N4OS/c1-9-6-13(18(2)17-9)20-8-10-4-5-12(19-3)11(7-10)14(15)16/h4-7H,8H2,1-3H3,(H3,15,16). The Labute approximate surface area is 122 Å². The molecule has 3 N–H and O–H groups in total. The normalized spacial score (nSPS) is 10.6. The van der Waals surface area contributed by atoms with Crippen LogP contribution in [0.25, 0.3) is 0 Å². The first-order valence-electron chi connectivity index (χ1n) is 6.16. The van der Waals surface area contributed by atoms with Crippen molar-refractivity contribution in [1.29, 1.82) is 5.41 Å². The van der Waals surface area contributed by atoms with Crippen LogP contribution in [0.5, 0.6) is 5.75 Å². The molecule has 0 aliphatic carbocycles. The summed E-state index contributed by atoms with van der Waals surface area (Å²) in [5.74, 6) is 1.44. The van der Waals surface area contributed by atoms with Gasteiger partial charge in [-0.05, 0) is 30.7 Å². The summed E-state index contributed by atoms with van der Waals surface area (Å²) in [6.45, 7) is 1.98. The van der Waals surface area contributed by atoms with Crippen molar-refractivity contribution in [1.82, 2.24) is 9.78 Å². The van der Waals surface area contributed by atoms with Crippen molar-refractivity contribution in [3.63, 3.8) is 0 Å². The number of amidine groups is 1. The zero-order valence-electron chi connectivity index (χ0n) is 11.8.